The van der Waals surface area contributed by atoms with Gasteiger partial charge in [0.05, 0.1) is 26.2 Å². The fourth-order valence-corrected chi connectivity index (χ4v) is 4.14. The molecule has 0 saturated carbocycles. The summed E-state index contributed by atoms with van der Waals surface area (Å²) >= 11 is 0. The van der Waals surface area contributed by atoms with Gasteiger partial charge in [-0.1, -0.05) is 0 Å². The van der Waals surface area contributed by atoms with Crippen molar-refractivity contribution in [1.82, 2.24) is 19.6 Å². The molecular formula is C20H37N5O7. The summed E-state index contributed by atoms with van der Waals surface area (Å²) < 4.78 is 0. The number of carbonyl (C=O) groups is 4. The Morgan fingerprint density at radius 2 is 0.812 bits per heavy atom. The molecule has 0 aromatic heterocycles. The van der Waals surface area contributed by atoms with Gasteiger partial charge < -0.3 is 21.1 Å². The Morgan fingerprint density at radius 1 is 0.594 bits per heavy atom. The average Bonchev–Trinajstić information content (AvgIpc) is 2.63. The number of carbonyl (C=O) groups excluding carboxylic acids is 1. The van der Waals surface area contributed by atoms with E-state index in [9.17, 15) is 34.5 Å². The highest BCUT2D eigenvalue weighted by atomic mass is 16.4. The summed E-state index contributed by atoms with van der Waals surface area (Å²) in [5.41, 5.74) is 5.43. The molecule has 0 spiro atoms. The van der Waals surface area contributed by atoms with E-state index in [0.29, 0.717) is 26.2 Å². The molecular weight excluding hydrogens is 422 g/mol. The summed E-state index contributed by atoms with van der Waals surface area (Å²) in [7, 11) is 0. The molecule has 0 aliphatic carbocycles. The van der Waals surface area contributed by atoms with Crippen LogP contribution in [0, 0.1) is 0 Å². The van der Waals surface area contributed by atoms with E-state index in [0.717, 1.165) is 0 Å². The minimum atomic E-state index is -1.01. The van der Waals surface area contributed by atoms with E-state index >= 15 is 0 Å². The van der Waals surface area contributed by atoms with Gasteiger partial charge in [0.25, 0.3) is 0 Å². The first-order valence-corrected chi connectivity index (χ1v) is 10.7. The van der Waals surface area contributed by atoms with Gasteiger partial charge in [-0.25, -0.2) is 0 Å². The summed E-state index contributed by atoms with van der Waals surface area (Å²) in [6.07, 6.45) is 0. The van der Waals surface area contributed by atoms with Crippen LogP contribution >= 0.6 is 0 Å². The monoisotopic (exact) mass is 459 g/mol. The van der Waals surface area contributed by atoms with Crippen molar-refractivity contribution in [1.29, 1.82) is 0 Å². The summed E-state index contributed by atoms with van der Waals surface area (Å²) in [5.74, 6) is -3.55. The normalized spacial score (nSPS) is 27.9. The maximum Gasteiger partial charge on any atom is 0.317 e. The lowest BCUT2D eigenvalue weighted by Crippen LogP contribution is -2.58. The highest BCUT2D eigenvalue weighted by molar-refractivity contribution is 5.76. The fourth-order valence-electron chi connectivity index (χ4n) is 4.14. The van der Waals surface area contributed by atoms with Crippen LogP contribution in [0.25, 0.3) is 0 Å². The Morgan fingerprint density at radius 3 is 1.00 bits per heavy atom. The van der Waals surface area contributed by atoms with Crippen molar-refractivity contribution in [3.8, 4) is 0 Å². The first-order valence-electron chi connectivity index (χ1n) is 10.7. The van der Waals surface area contributed by atoms with Gasteiger partial charge in [-0.15, -0.1) is 0 Å². The molecule has 1 saturated heterocycles. The minimum Gasteiger partial charge on any atom is -0.480 e. The number of aliphatic carboxylic acids is 3. The highest BCUT2D eigenvalue weighted by Gasteiger charge is 2.31. The Hall–Kier alpha value is -2.28. The molecule has 0 unspecified atom stereocenters. The molecule has 1 heterocycles. The summed E-state index contributed by atoms with van der Waals surface area (Å²) in [6, 6.07) is -1.12. The lowest BCUT2D eigenvalue weighted by molar-refractivity contribution is -0.142. The Balaban J connectivity index is 3.34. The molecule has 4 atom stereocenters. The largest absolute Gasteiger partial charge is 0.480 e. The van der Waals surface area contributed by atoms with Crippen molar-refractivity contribution in [2.24, 2.45) is 5.73 Å². The predicted molar refractivity (Wildman–Crippen MR) is 116 cm³/mol. The van der Waals surface area contributed by atoms with Gasteiger partial charge >= 0.3 is 17.9 Å². The van der Waals surface area contributed by atoms with E-state index in [2.05, 4.69) is 0 Å². The molecule has 0 bridgehead atoms. The zero-order valence-electron chi connectivity index (χ0n) is 19.3. The van der Waals surface area contributed by atoms with Crippen LogP contribution in [-0.4, -0.2) is 135 Å². The zero-order valence-corrected chi connectivity index (χ0v) is 19.3. The van der Waals surface area contributed by atoms with Gasteiger partial charge in [-0.05, 0) is 27.7 Å². The van der Waals surface area contributed by atoms with Crippen LogP contribution in [0.15, 0.2) is 0 Å². The quantitative estimate of drug-likeness (QED) is 0.333. The first-order chi connectivity index (χ1) is 14.8. The summed E-state index contributed by atoms with van der Waals surface area (Å²) in [6.45, 7) is 7.88. The number of hydrogen-bond acceptors (Lipinski definition) is 8. The molecule has 1 rings (SSSR count). The molecule has 12 heteroatoms. The van der Waals surface area contributed by atoms with Gasteiger partial charge in [-0.3, -0.25) is 38.8 Å². The number of nitrogens with two attached hydrogens (primary N) is 1. The van der Waals surface area contributed by atoms with E-state index in [4.69, 9.17) is 5.73 Å². The molecule has 32 heavy (non-hydrogen) atoms. The Bertz CT molecular complexity index is 565. The third-order valence-electron chi connectivity index (χ3n) is 5.86. The number of nitrogens with zero attached hydrogens (tertiary/aromatic N) is 4. The molecule has 1 fully saturated rings. The van der Waals surface area contributed by atoms with Crippen molar-refractivity contribution < 1.29 is 34.5 Å². The van der Waals surface area contributed by atoms with E-state index in [1.165, 1.54) is 0 Å². The molecule has 1 aliphatic rings. The first kappa shape index (κ1) is 27.8. The van der Waals surface area contributed by atoms with E-state index in [-0.39, 0.29) is 50.3 Å². The van der Waals surface area contributed by atoms with Crippen LogP contribution in [0.4, 0.5) is 0 Å². The van der Waals surface area contributed by atoms with Crippen LogP contribution in [0.1, 0.15) is 27.7 Å². The second kappa shape index (κ2) is 12.7. The molecule has 5 N–H and O–H groups in total. The SMILES string of the molecule is C[C@H]1CN(CC(=O)O)[C@@H](C)CN(CC(=O)O)[C@@H](C)CN(CC(=O)O)[C@@H](C)CN1CC(N)=O. The summed E-state index contributed by atoms with van der Waals surface area (Å²) in [5, 5.41) is 28.2. The third kappa shape index (κ3) is 9.47. The van der Waals surface area contributed by atoms with Crippen molar-refractivity contribution >= 4 is 23.8 Å². The molecule has 184 valence electrons. The van der Waals surface area contributed by atoms with Gasteiger partial charge in [-0.2, -0.15) is 0 Å². The summed E-state index contributed by atoms with van der Waals surface area (Å²) in [4.78, 5) is 53.2. The second-order valence-corrected chi connectivity index (χ2v) is 8.76. The van der Waals surface area contributed by atoms with Crippen LogP contribution in [0.5, 0.6) is 0 Å². The van der Waals surface area contributed by atoms with Gasteiger partial charge in [0.1, 0.15) is 0 Å². The molecule has 1 aliphatic heterocycles. The second-order valence-electron chi connectivity index (χ2n) is 8.76. The van der Waals surface area contributed by atoms with Gasteiger partial charge in [0.15, 0.2) is 0 Å². The molecule has 12 nitrogen and oxygen atoms in total. The van der Waals surface area contributed by atoms with E-state index < -0.39 is 23.8 Å². The molecule has 1 amide bonds. The van der Waals surface area contributed by atoms with E-state index in [1.807, 2.05) is 32.6 Å². The zero-order chi connectivity index (χ0) is 24.6. The van der Waals surface area contributed by atoms with Crippen molar-refractivity contribution in [2.75, 3.05) is 52.4 Å². The van der Waals surface area contributed by atoms with E-state index in [1.54, 1.807) is 14.7 Å². The maximum absolute atomic E-state index is 11.7. The van der Waals surface area contributed by atoms with Crippen LogP contribution < -0.4 is 5.73 Å². The van der Waals surface area contributed by atoms with Gasteiger partial charge in [0, 0.05) is 50.3 Å². The molecule has 0 radical (unpaired) electrons. The number of amides is 1. The topological polar surface area (TPSA) is 168 Å². The Labute approximate surface area is 188 Å². The standard InChI is InChI=1S/C20H37N5O7/c1-13-6-23(10-18(27)28)15(3)8-25(12-20(31)32)16(4)7-24(11-19(29)30)14(2)5-22(13)9-17(21)26/h13-16H,5-12H2,1-4H3,(H2,21,26)(H,27,28)(H,29,30)(H,31,32)/t13-,14-,15-,16-/m0/s1. The van der Waals surface area contributed by atoms with Crippen molar-refractivity contribution in [3.63, 3.8) is 0 Å². The third-order valence-corrected chi connectivity index (χ3v) is 5.86. The van der Waals surface area contributed by atoms with Crippen LogP contribution in [0.3, 0.4) is 0 Å². The number of rotatable bonds is 8. The van der Waals surface area contributed by atoms with Gasteiger partial charge in [0.2, 0.25) is 5.91 Å². The number of carboxylic acid groups (broad SMARTS) is 3. The highest BCUT2D eigenvalue weighted by Crippen LogP contribution is 2.15. The smallest absolute Gasteiger partial charge is 0.317 e. The number of carboxylic acids is 3. The van der Waals surface area contributed by atoms with Crippen LogP contribution in [0.2, 0.25) is 0 Å². The lowest BCUT2D eigenvalue weighted by Gasteiger charge is -2.42. The predicted octanol–water partition coefficient (Wildman–Crippen LogP) is -1.50. The molecule has 0 aromatic carbocycles. The fraction of sp³-hybridized carbons (Fsp3) is 0.800. The van der Waals surface area contributed by atoms with Crippen LogP contribution in [-0.2, 0) is 19.2 Å². The van der Waals surface area contributed by atoms with Crippen molar-refractivity contribution in [2.45, 2.75) is 51.9 Å². The number of primary amides is 1. The molecule has 0 aromatic rings. The Kier molecular flexibility index (Phi) is 11.0. The average molecular weight is 460 g/mol. The number of hydrogen-bond donors (Lipinski definition) is 4. The van der Waals surface area contributed by atoms with Crippen molar-refractivity contribution in [3.05, 3.63) is 0 Å². The minimum absolute atomic E-state index is 0.0393. The lowest BCUT2D eigenvalue weighted by atomic mass is 10.1. The maximum atomic E-state index is 11.7.